The summed E-state index contributed by atoms with van der Waals surface area (Å²) < 4.78 is 15.2. The molecule has 0 saturated heterocycles. The summed E-state index contributed by atoms with van der Waals surface area (Å²) in [6, 6.07) is 23.8. The van der Waals surface area contributed by atoms with Crippen LogP contribution >= 0.6 is 0 Å². The monoisotopic (exact) mass is 467 g/mol. The van der Waals surface area contributed by atoms with E-state index in [1.165, 1.54) is 17.7 Å². The fraction of sp³-hybridized carbons (Fsp3) is 0.179. The van der Waals surface area contributed by atoms with Crippen molar-refractivity contribution in [2.24, 2.45) is 0 Å². The van der Waals surface area contributed by atoms with Crippen molar-refractivity contribution < 1.29 is 9.18 Å². The third-order valence-corrected chi connectivity index (χ3v) is 6.16. The Morgan fingerprint density at radius 1 is 0.943 bits per heavy atom. The van der Waals surface area contributed by atoms with E-state index in [2.05, 4.69) is 17.4 Å². The first-order chi connectivity index (χ1) is 17.0. The number of nitrogens with zero attached hydrogens (tertiary/aromatic N) is 3. The standard InChI is InChI=1S/C28H26FN5O/c1-18(11-12-19-7-3-2-4-8-19)31-28(35)24-25-27(33-23-10-6-5-9-22(23)32-25)34(26(24)30)17-20-13-15-21(29)16-14-20/h2-10,13-16,18H,11-12,17,30H2,1H3,(H,31,35). The molecule has 2 aromatic heterocycles. The maximum Gasteiger partial charge on any atom is 0.257 e. The van der Waals surface area contributed by atoms with Crippen LogP contribution < -0.4 is 11.1 Å². The molecule has 0 fully saturated rings. The summed E-state index contributed by atoms with van der Waals surface area (Å²) in [7, 11) is 0. The molecule has 0 aliphatic rings. The first-order valence-corrected chi connectivity index (χ1v) is 11.6. The molecule has 3 N–H and O–H groups in total. The Balaban J connectivity index is 1.49. The molecular weight excluding hydrogens is 441 g/mol. The summed E-state index contributed by atoms with van der Waals surface area (Å²) in [6.07, 6.45) is 1.65. The van der Waals surface area contributed by atoms with Gasteiger partial charge in [-0.05, 0) is 55.2 Å². The predicted molar refractivity (Wildman–Crippen MR) is 137 cm³/mol. The zero-order valence-corrected chi connectivity index (χ0v) is 19.4. The van der Waals surface area contributed by atoms with E-state index in [9.17, 15) is 9.18 Å². The molecule has 6 nitrogen and oxygen atoms in total. The van der Waals surface area contributed by atoms with E-state index in [0.717, 1.165) is 18.4 Å². The highest BCUT2D eigenvalue weighted by Crippen LogP contribution is 2.29. The number of rotatable bonds is 7. The van der Waals surface area contributed by atoms with Crippen molar-refractivity contribution >= 4 is 33.9 Å². The van der Waals surface area contributed by atoms with Crippen LogP contribution in [0.4, 0.5) is 10.2 Å². The number of nitrogens with two attached hydrogens (primary N) is 1. The van der Waals surface area contributed by atoms with Crippen LogP contribution in [-0.4, -0.2) is 26.5 Å². The maximum absolute atomic E-state index is 13.4. The first kappa shape index (κ1) is 22.5. The van der Waals surface area contributed by atoms with Crippen LogP contribution in [0.1, 0.15) is 34.8 Å². The van der Waals surface area contributed by atoms with Crippen LogP contribution in [0.2, 0.25) is 0 Å². The predicted octanol–water partition coefficient (Wildman–Crippen LogP) is 5.11. The van der Waals surface area contributed by atoms with Gasteiger partial charge in [-0.1, -0.05) is 54.6 Å². The van der Waals surface area contributed by atoms with Crippen LogP contribution in [0.25, 0.3) is 22.2 Å². The molecular formula is C28H26FN5O. The molecule has 1 unspecified atom stereocenters. The zero-order valence-electron chi connectivity index (χ0n) is 19.4. The Morgan fingerprint density at radius 2 is 1.60 bits per heavy atom. The average Bonchev–Trinajstić information content (AvgIpc) is 3.13. The number of benzene rings is 3. The van der Waals surface area contributed by atoms with Crippen LogP contribution in [0.15, 0.2) is 78.9 Å². The van der Waals surface area contributed by atoms with E-state index in [4.69, 9.17) is 15.7 Å². The summed E-state index contributed by atoms with van der Waals surface area (Å²) in [4.78, 5) is 23.0. The number of fused-ring (bicyclic) bond motifs is 2. The normalized spacial score (nSPS) is 12.2. The second kappa shape index (κ2) is 9.54. The second-order valence-corrected chi connectivity index (χ2v) is 8.76. The molecule has 3 aromatic carbocycles. The van der Waals surface area contributed by atoms with E-state index in [1.54, 1.807) is 16.7 Å². The van der Waals surface area contributed by atoms with Gasteiger partial charge in [0.15, 0.2) is 5.65 Å². The molecule has 0 aliphatic heterocycles. The van der Waals surface area contributed by atoms with Crippen LogP contribution in [0.5, 0.6) is 0 Å². The Morgan fingerprint density at radius 3 is 2.31 bits per heavy atom. The van der Waals surface area contributed by atoms with Gasteiger partial charge in [0.2, 0.25) is 0 Å². The lowest BCUT2D eigenvalue weighted by Crippen LogP contribution is -2.33. The number of hydrogen-bond acceptors (Lipinski definition) is 4. The molecule has 0 aliphatic carbocycles. The molecule has 5 aromatic rings. The van der Waals surface area contributed by atoms with E-state index >= 15 is 0 Å². The average molecular weight is 468 g/mol. The molecule has 7 heteroatoms. The Bertz CT molecular complexity index is 1500. The van der Waals surface area contributed by atoms with Crippen LogP contribution in [-0.2, 0) is 13.0 Å². The van der Waals surface area contributed by atoms with Crippen molar-refractivity contribution in [2.45, 2.75) is 32.4 Å². The zero-order chi connectivity index (χ0) is 24.4. The molecule has 1 atom stereocenters. The number of nitrogens with one attached hydrogen (secondary N) is 1. The Hall–Kier alpha value is -4.26. The topological polar surface area (TPSA) is 85.8 Å². The van der Waals surface area contributed by atoms with Gasteiger partial charge in [0, 0.05) is 6.04 Å². The highest BCUT2D eigenvalue weighted by molar-refractivity contribution is 6.10. The minimum atomic E-state index is -0.311. The molecule has 0 bridgehead atoms. The molecule has 1 amide bonds. The fourth-order valence-electron chi connectivity index (χ4n) is 4.27. The molecule has 0 spiro atoms. The highest BCUT2D eigenvalue weighted by Gasteiger charge is 2.25. The van der Waals surface area contributed by atoms with Gasteiger partial charge in [-0.25, -0.2) is 14.4 Å². The van der Waals surface area contributed by atoms with Crippen LogP contribution in [0.3, 0.4) is 0 Å². The number of anilines is 1. The molecule has 176 valence electrons. The largest absolute Gasteiger partial charge is 0.384 e. The highest BCUT2D eigenvalue weighted by atomic mass is 19.1. The number of nitrogen functional groups attached to an aromatic ring is 1. The molecule has 0 saturated carbocycles. The lowest BCUT2D eigenvalue weighted by atomic mass is 10.1. The summed E-state index contributed by atoms with van der Waals surface area (Å²) in [5, 5.41) is 3.08. The molecule has 2 heterocycles. The number of amides is 1. The van der Waals surface area contributed by atoms with Gasteiger partial charge in [0.25, 0.3) is 5.91 Å². The second-order valence-electron chi connectivity index (χ2n) is 8.76. The van der Waals surface area contributed by atoms with E-state index in [-0.39, 0.29) is 23.6 Å². The van der Waals surface area contributed by atoms with Crippen molar-refractivity contribution in [3.63, 3.8) is 0 Å². The minimum absolute atomic E-state index is 0.0639. The van der Waals surface area contributed by atoms with Crippen molar-refractivity contribution in [1.82, 2.24) is 19.9 Å². The fourth-order valence-corrected chi connectivity index (χ4v) is 4.27. The van der Waals surface area contributed by atoms with E-state index in [1.807, 2.05) is 49.4 Å². The quantitative estimate of drug-likeness (QED) is 0.349. The molecule has 0 radical (unpaired) electrons. The first-order valence-electron chi connectivity index (χ1n) is 11.6. The summed E-state index contributed by atoms with van der Waals surface area (Å²) in [6.45, 7) is 2.32. The smallest absolute Gasteiger partial charge is 0.257 e. The summed E-state index contributed by atoms with van der Waals surface area (Å²) in [5.41, 5.74) is 11.3. The van der Waals surface area contributed by atoms with Crippen LogP contribution in [0, 0.1) is 5.82 Å². The number of hydrogen-bond donors (Lipinski definition) is 2. The number of carbonyl (C=O) groups is 1. The minimum Gasteiger partial charge on any atom is -0.384 e. The van der Waals surface area contributed by atoms with Gasteiger partial charge in [0.05, 0.1) is 17.6 Å². The Kier molecular flexibility index (Phi) is 6.14. The Labute approximate surface area is 202 Å². The SMILES string of the molecule is CC(CCc1ccccc1)NC(=O)c1c(N)n(Cc2ccc(F)cc2)c2nc3ccccc3nc12. The third-order valence-electron chi connectivity index (χ3n) is 6.16. The summed E-state index contributed by atoms with van der Waals surface area (Å²) in [5.74, 6) is -0.308. The lowest BCUT2D eigenvalue weighted by Gasteiger charge is -2.14. The van der Waals surface area contributed by atoms with E-state index in [0.29, 0.717) is 34.3 Å². The number of carbonyl (C=O) groups excluding carboxylic acids is 1. The van der Waals surface area contributed by atoms with Gasteiger partial charge in [-0.2, -0.15) is 0 Å². The number of para-hydroxylation sites is 2. The molecule has 35 heavy (non-hydrogen) atoms. The van der Waals surface area contributed by atoms with E-state index < -0.39 is 0 Å². The number of halogens is 1. The number of aromatic nitrogens is 3. The van der Waals surface area contributed by atoms with Crippen molar-refractivity contribution in [1.29, 1.82) is 0 Å². The van der Waals surface area contributed by atoms with Gasteiger partial charge in [-0.3, -0.25) is 4.79 Å². The molecule has 5 rings (SSSR count). The van der Waals surface area contributed by atoms with Gasteiger partial charge >= 0.3 is 0 Å². The third kappa shape index (κ3) is 4.71. The van der Waals surface area contributed by atoms with Gasteiger partial charge in [-0.15, -0.1) is 0 Å². The summed E-state index contributed by atoms with van der Waals surface area (Å²) >= 11 is 0. The van der Waals surface area contributed by atoms with Crippen molar-refractivity contribution in [2.75, 3.05) is 5.73 Å². The van der Waals surface area contributed by atoms with Gasteiger partial charge in [0.1, 0.15) is 22.7 Å². The lowest BCUT2D eigenvalue weighted by molar-refractivity contribution is 0.0940. The maximum atomic E-state index is 13.4. The van der Waals surface area contributed by atoms with Crippen molar-refractivity contribution in [3.8, 4) is 0 Å². The number of aryl methyl sites for hydroxylation is 1. The van der Waals surface area contributed by atoms with Crippen molar-refractivity contribution in [3.05, 3.63) is 101 Å². The van der Waals surface area contributed by atoms with Gasteiger partial charge < -0.3 is 15.6 Å².